The van der Waals surface area contributed by atoms with Gasteiger partial charge in [0.2, 0.25) is 0 Å². The lowest BCUT2D eigenvalue weighted by molar-refractivity contribution is -0.143. The molecular weight excluding hydrogens is 268 g/mol. The quantitative estimate of drug-likeness (QED) is 0.778. The van der Waals surface area contributed by atoms with Crippen molar-refractivity contribution in [1.82, 2.24) is 5.32 Å². The Morgan fingerprint density at radius 3 is 2.14 bits per heavy atom. The molecule has 0 spiro atoms. The molecule has 0 fully saturated rings. The van der Waals surface area contributed by atoms with Gasteiger partial charge in [0.05, 0.1) is 0 Å². The Morgan fingerprint density at radius 2 is 1.71 bits per heavy atom. The number of aryl methyl sites for hydroxylation is 3. The molecule has 5 nitrogen and oxygen atoms in total. The third kappa shape index (κ3) is 4.21. The number of hydrogen-bond acceptors (Lipinski definition) is 2. The Hall–Kier alpha value is -2.04. The van der Waals surface area contributed by atoms with Crippen LogP contribution >= 0.6 is 0 Å². The van der Waals surface area contributed by atoms with Gasteiger partial charge in [0.25, 0.3) is 0 Å². The standard InChI is InChI=1S/C16H24N2O3/c1-6-7-16(5,14(19)20)18-15(21)17-13-11(3)8-10(2)9-12(13)4/h8-9H,6-7H2,1-5H3,(H,19,20)(H2,17,18,21). The fraction of sp³-hybridized carbons (Fsp3) is 0.500. The van der Waals surface area contributed by atoms with Gasteiger partial charge in [-0.2, -0.15) is 0 Å². The van der Waals surface area contributed by atoms with Crippen molar-refractivity contribution in [3.8, 4) is 0 Å². The molecule has 3 N–H and O–H groups in total. The summed E-state index contributed by atoms with van der Waals surface area (Å²) in [5.41, 5.74) is 2.50. The van der Waals surface area contributed by atoms with E-state index in [4.69, 9.17) is 0 Å². The van der Waals surface area contributed by atoms with Gasteiger partial charge in [0, 0.05) is 5.69 Å². The summed E-state index contributed by atoms with van der Waals surface area (Å²) in [6.07, 6.45) is 1.05. The zero-order valence-corrected chi connectivity index (χ0v) is 13.3. The zero-order valence-electron chi connectivity index (χ0n) is 13.3. The lowest BCUT2D eigenvalue weighted by Crippen LogP contribution is -2.53. The molecule has 0 aliphatic carbocycles. The first kappa shape index (κ1) is 17.0. The highest BCUT2D eigenvalue weighted by Crippen LogP contribution is 2.22. The van der Waals surface area contributed by atoms with Crippen LogP contribution in [0.5, 0.6) is 0 Å². The summed E-state index contributed by atoms with van der Waals surface area (Å²) in [6.45, 7) is 9.23. The minimum absolute atomic E-state index is 0.377. The summed E-state index contributed by atoms with van der Waals surface area (Å²) in [4.78, 5) is 23.4. The lowest BCUT2D eigenvalue weighted by Gasteiger charge is -2.26. The van der Waals surface area contributed by atoms with Crippen LogP contribution in [0.1, 0.15) is 43.4 Å². The third-order valence-corrected chi connectivity index (χ3v) is 3.53. The highest BCUT2D eigenvalue weighted by molar-refractivity contribution is 5.94. The molecule has 1 unspecified atom stereocenters. The van der Waals surface area contributed by atoms with Crippen molar-refractivity contribution in [2.45, 2.75) is 53.0 Å². The number of carboxylic acid groups (broad SMARTS) is 1. The van der Waals surface area contributed by atoms with Crippen molar-refractivity contribution in [2.75, 3.05) is 5.32 Å². The fourth-order valence-electron chi connectivity index (χ4n) is 2.50. The van der Waals surface area contributed by atoms with Crippen LogP contribution < -0.4 is 10.6 Å². The second kappa shape index (κ2) is 6.61. The van der Waals surface area contributed by atoms with Gasteiger partial charge in [-0.25, -0.2) is 9.59 Å². The Balaban J connectivity index is 2.89. The number of hydrogen-bond donors (Lipinski definition) is 3. The number of benzene rings is 1. The van der Waals surface area contributed by atoms with Crippen LogP contribution in [-0.4, -0.2) is 22.6 Å². The van der Waals surface area contributed by atoms with Crippen LogP contribution in [0, 0.1) is 20.8 Å². The molecular formula is C16H24N2O3. The molecule has 2 amide bonds. The van der Waals surface area contributed by atoms with E-state index in [1.54, 1.807) is 0 Å². The van der Waals surface area contributed by atoms with Gasteiger partial charge in [0.1, 0.15) is 5.54 Å². The van der Waals surface area contributed by atoms with Gasteiger partial charge in [-0.3, -0.25) is 0 Å². The predicted octanol–water partition coefficient (Wildman–Crippen LogP) is 3.38. The summed E-state index contributed by atoms with van der Waals surface area (Å²) < 4.78 is 0. The Labute approximate surface area is 125 Å². The van der Waals surface area contributed by atoms with Crippen LogP contribution in [0.4, 0.5) is 10.5 Å². The second-order valence-corrected chi connectivity index (χ2v) is 5.74. The molecule has 1 rings (SSSR count). The number of carboxylic acids is 1. The van der Waals surface area contributed by atoms with Gasteiger partial charge in [-0.15, -0.1) is 0 Å². The van der Waals surface area contributed by atoms with E-state index in [0.29, 0.717) is 12.8 Å². The maximum Gasteiger partial charge on any atom is 0.329 e. The van der Waals surface area contributed by atoms with E-state index in [1.807, 2.05) is 39.8 Å². The number of carbonyl (C=O) groups excluding carboxylic acids is 1. The van der Waals surface area contributed by atoms with E-state index in [0.717, 1.165) is 22.4 Å². The number of nitrogens with one attached hydrogen (secondary N) is 2. The monoisotopic (exact) mass is 292 g/mol. The van der Waals surface area contributed by atoms with E-state index in [9.17, 15) is 14.7 Å². The molecule has 0 aliphatic heterocycles. The normalized spacial score (nSPS) is 13.4. The third-order valence-electron chi connectivity index (χ3n) is 3.53. The minimum atomic E-state index is -1.26. The average molecular weight is 292 g/mol. The van der Waals surface area contributed by atoms with Crippen molar-refractivity contribution < 1.29 is 14.7 Å². The molecule has 21 heavy (non-hydrogen) atoms. The Morgan fingerprint density at radius 1 is 1.19 bits per heavy atom. The van der Waals surface area contributed by atoms with Crippen molar-refractivity contribution >= 4 is 17.7 Å². The zero-order chi connectivity index (χ0) is 16.2. The van der Waals surface area contributed by atoms with Gasteiger partial charge < -0.3 is 15.7 Å². The van der Waals surface area contributed by atoms with E-state index in [-0.39, 0.29) is 0 Å². The maximum atomic E-state index is 12.1. The average Bonchev–Trinajstić information content (AvgIpc) is 2.33. The molecule has 0 aromatic heterocycles. The summed E-state index contributed by atoms with van der Waals surface area (Å²) in [5.74, 6) is -1.03. The highest BCUT2D eigenvalue weighted by Gasteiger charge is 2.33. The first-order valence-electron chi connectivity index (χ1n) is 7.10. The summed E-state index contributed by atoms with van der Waals surface area (Å²) >= 11 is 0. The predicted molar refractivity (Wildman–Crippen MR) is 83.8 cm³/mol. The number of amides is 2. The summed E-state index contributed by atoms with van der Waals surface area (Å²) in [7, 11) is 0. The van der Waals surface area contributed by atoms with Gasteiger partial charge in [-0.1, -0.05) is 31.0 Å². The molecule has 116 valence electrons. The SMILES string of the molecule is CCCC(C)(NC(=O)Nc1c(C)cc(C)cc1C)C(=O)O. The van der Waals surface area contributed by atoms with Crippen LogP contribution in [0.15, 0.2) is 12.1 Å². The maximum absolute atomic E-state index is 12.1. The fourth-order valence-corrected chi connectivity index (χ4v) is 2.50. The Bertz CT molecular complexity index is 531. The number of rotatable bonds is 5. The smallest absolute Gasteiger partial charge is 0.329 e. The molecule has 0 radical (unpaired) electrons. The topological polar surface area (TPSA) is 78.4 Å². The highest BCUT2D eigenvalue weighted by atomic mass is 16.4. The minimum Gasteiger partial charge on any atom is -0.480 e. The van der Waals surface area contributed by atoms with E-state index >= 15 is 0 Å². The van der Waals surface area contributed by atoms with E-state index in [1.165, 1.54) is 6.92 Å². The molecule has 0 aliphatic rings. The van der Waals surface area contributed by atoms with Crippen molar-refractivity contribution in [2.24, 2.45) is 0 Å². The van der Waals surface area contributed by atoms with Gasteiger partial charge >= 0.3 is 12.0 Å². The molecule has 1 atom stereocenters. The summed E-state index contributed by atoms with van der Waals surface area (Å²) in [5, 5.41) is 14.6. The van der Waals surface area contributed by atoms with E-state index < -0.39 is 17.5 Å². The molecule has 5 heteroatoms. The van der Waals surface area contributed by atoms with Gasteiger partial charge in [0.15, 0.2) is 0 Å². The van der Waals surface area contributed by atoms with Crippen LogP contribution in [-0.2, 0) is 4.79 Å². The van der Waals surface area contributed by atoms with Crippen LogP contribution in [0.3, 0.4) is 0 Å². The molecule has 0 heterocycles. The lowest BCUT2D eigenvalue weighted by atomic mass is 9.96. The number of carbonyl (C=O) groups is 2. The van der Waals surface area contributed by atoms with E-state index in [2.05, 4.69) is 10.6 Å². The van der Waals surface area contributed by atoms with Crippen molar-refractivity contribution in [1.29, 1.82) is 0 Å². The number of anilines is 1. The number of aliphatic carboxylic acids is 1. The van der Waals surface area contributed by atoms with Gasteiger partial charge in [-0.05, 0) is 45.2 Å². The van der Waals surface area contributed by atoms with Crippen LogP contribution in [0.2, 0.25) is 0 Å². The Kier molecular flexibility index (Phi) is 5.35. The largest absolute Gasteiger partial charge is 0.480 e. The molecule has 0 bridgehead atoms. The molecule has 1 aromatic carbocycles. The van der Waals surface area contributed by atoms with Crippen LogP contribution in [0.25, 0.3) is 0 Å². The molecule has 0 saturated carbocycles. The number of urea groups is 1. The molecule has 1 aromatic rings. The van der Waals surface area contributed by atoms with Crippen molar-refractivity contribution in [3.63, 3.8) is 0 Å². The van der Waals surface area contributed by atoms with Crippen molar-refractivity contribution in [3.05, 3.63) is 28.8 Å². The molecule has 0 saturated heterocycles. The first-order chi connectivity index (χ1) is 9.69. The second-order valence-electron chi connectivity index (χ2n) is 5.74. The summed E-state index contributed by atoms with van der Waals surface area (Å²) in [6, 6.07) is 3.46. The first-order valence-corrected chi connectivity index (χ1v) is 7.10.